The van der Waals surface area contributed by atoms with E-state index < -0.39 is 0 Å². The van der Waals surface area contributed by atoms with Gasteiger partial charge in [-0.15, -0.1) is 12.6 Å². The van der Waals surface area contributed by atoms with E-state index in [2.05, 4.69) is 134 Å². The zero-order chi connectivity index (χ0) is 21.8. The van der Waals surface area contributed by atoms with Crippen LogP contribution in [0.5, 0.6) is 0 Å². The molecule has 0 atom stereocenters. The van der Waals surface area contributed by atoms with Crippen molar-refractivity contribution >= 4 is 24.4 Å². The molecule has 0 amide bonds. The van der Waals surface area contributed by atoms with Crippen molar-refractivity contribution in [3.63, 3.8) is 0 Å². The Balaban J connectivity index is 1.38. The Morgan fingerprint density at radius 2 is 0.875 bits per heavy atom. The number of benzene rings is 5. The van der Waals surface area contributed by atoms with Crippen molar-refractivity contribution in [2.45, 2.75) is 14.7 Å². The third-order valence-electron chi connectivity index (χ3n) is 5.45. The van der Waals surface area contributed by atoms with E-state index >= 15 is 0 Å². The minimum Gasteiger partial charge on any atom is -0.143 e. The van der Waals surface area contributed by atoms with Gasteiger partial charge >= 0.3 is 0 Å². The molecule has 0 unspecified atom stereocenters. The van der Waals surface area contributed by atoms with Gasteiger partial charge in [0.2, 0.25) is 0 Å². The first-order valence-corrected chi connectivity index (χ1v) is 11.8. The summed E-state index contributed by atoms with van der Waals surface area (Å²) in [6.07, 6.45) is 0. The van der Waals surface area contributed by atoms with E-state index in [1.54, 1.807) is 11.8 Å². The van der Waals surface area contributed by atoms with Crippen LogP contribution in [-0.4, -0.2) is 0 Å². The highest BCUT2D eigenvalue weighted by Gasteiger charge is 2.09. The van der Waals surface area contributed by atoms with Crippen LogP contribution < -0.4 is 0 Å². The van der Waals surface area contributed by atoms with Gasteiger partial charge in [-0.2, -0.15) is 0 Å². The van der Waals surface area contributed by atoms with Crippen LogP contribution in [0.15, 0.2) is 142 Å². The number of rotatable bonds is 5. The van der Waals surface area contributed by atoms with E-state index in [-0.39, 0.29) is 0 Å². The van der Waals surface area contributed by atoms with Crippen molar-refractivity contribution in [2.75, 3.05) is 0 Å². The van der Waals surface area contributed by atoms with Crippen molar-refractivity contribution in [1.82, 2.24) is 0 Å². The average Bonchev–Trinajstić information content (AvgIpc) is 2.86. The Morgan fingerprint density at radius 3 is 1.47 bits per heavy atom. The maximum Gasteiger partial charge on any atom is 0.0122 e. The molecule has 32 heavy (non-hydrogen) atoms. The van der Waals surface area contributed by atoms with Gasteiger partial charge in [-0.25, -0.2) is 0 Å². The Labute approximate surface area is 199 Å². The van der Waals surface area contributed by atoms with Gasteiger partial charge in [-0.1, -0.05) is 103 Å². The molecule has 0 saturated heterocycles. The summed E-state index contributed by atoms with van der Waals surface area (Å²) in [5, 5.41) is 0. The fraction of sp³-hybridized carbons (Fsp3) is 0. The van der Waals surface area contributed by atoms with Gasteiger partial charge < -0.3 is 0 Å². The van der Waals surface area contributed by atoms with Crippen LogP contribution >= 0.6 is 24.4 Å². The molecule has 0 aliphatic rings. The van der Waals surface area contributed by atoms with Gasteiger partial charge in [0.05, 0.1) is 0 Å². The molecule has 0 heterocycles. The summed E-state index contributed by atoms with van der Waals surface area (Å²) in [6, 6.07) is 44.9. The van der Waals surface area contributed by atoms with Crippen molar-refractivity contribution in [3.8, 4) is 33.4 Å². The molecule has 0 nitrogen and oxygen atoms in total. The number of hydrogen-bond donors (Lipinski definition) is 1. The topological polar surface area (TPSA) is 0 Å². The van der Waals surface area contributed by atoms with Gasteiger partial charge in [0.1, 0.15) is 0 Å². The van der Waals surface area contributed by atoms with Gasteiger partial charge in [-0.3, -0.25) is 0 Å². The Kier molecular flexibility index (Phi) is 6.15. The first-order valence-electron chi connectivity index (χ1n) is 10.6. The largest absolute Gasteiger partial charge is 0.143 e. The van der Waals surface area contributed by atoms with Crippen molar-refractivity contribution in [1.29, 1.82) is 0 Å². The highest BCUT2D eigenvalue weighted by Crippen LogP contribution is 2.36. The summed E-state index contributed by atoms with van der Waals surface area (Å²) in [4.78, 5) is 3.43. The van der Waals surface area contributed by atoms with Crippen LogP contribution in [-0.2, 0) is 0 Å². The van der Waals surface area contributed by atoms with E-state index in [0.29, 0.717) is 0 Å². The van der Waals surface area contributed by atoms with Gasteiger partial charge in [0.25, 0.3) is 0 Å². The molecule has 0 aromatic heterocycles. The molecule has 154 valence electrons. The maximum absolute atomic E-state index is 4.58. The first kappa shape index (κ1) is 20.7. The summed E-state index contributed by atoms with van der Waals surface area (Å²) in [6.45, 7) is 0. The highest BCUT2D eigenvalue weighted by molar-refractivity contribution is 7.99. The molecule has 0 saturated carbocycles. The van der Waals surface area contributed by atoms with E-state index in [1.807, 2.05) is 6.07 Å². The van der Waals surface area contributed by atoms with Crippen LogP contribution in [0.2, 0.25) is 0 Å². The summed E-state index contributed by atoms with van der Waals surface area (Å²) in [5.74, 6) is 0. The third-order valence-corrected chi connectivity index (χ3v) is 6.74. The second-order valence-corrected chi connectivity index (χ2v) is 9.28. The van der Waals surface area contributed by atoms with Crippen molar-refractivity contribution in [3.05, 3.63) is 127 Å². The minimum absolute atomic E-state index is 0.969. The van der Waals surface area contributed by atoms with Crippen LogP contribution in [0.4, 0.5) is 0 Å². The molecule has 0 aliphatic carbocycles. The molecule has 0 N–H and O–H groups in total. The van der Waals surface area contributed by atoms with Crippen LogP contribution in [0.25, 0.3) is 33.4 Å². The van der Waals surface area contributed by atoms with E-state index in [1.165, 1.54) is 43.2 Å². The normalized spacial score (nSPS) is 10.8. The molecule has 0 fully saturated rings. The van der Waals surface area contributed by atoms with Crippen LogP contribution in [0, 0.1) is 0 Å². The standard InChI is InChI=1S/C30H22S2/c31-26-15-20-29(24-9-5-2-6-10-24)30(21-26)25-13-18-28(19-14-25)32-27-16-11-23(12-17-27)22-7-3-1-4-8-22/h1-21,31H. The molecule has 5 aromatic carbocycles. The number of hydrogen-bond acceptors (Lipinski definition) is 2. The third kappa shape index (κ3) is 4.67. The monoisotopic (exact) mass is 446 g/mol. The van der Waals surface area contributed by atoms with E-state index in [4.69, 9.17) is 0 Å². The second-order valence-electron chi connectivity index (χ2n) is 7.61. The van der Waals surface area contributed by atoms with Gasteiger partial charge in [0.15, 0.2) is 0 Å². The summed E-state index contributed by atoms with van der Waals surface area (Å²) < 4.78 is 0. The predicted molar refractivity (Wildman–Crippen MR) is 141 cm³/mol. The lowest BCUT2D eigenvalue weighted by Crippen LogP contribution is -1.86. The van der Waals surface area contributed by atoms with E-state index in [0.717, 1.165) is 4.90 Å². The van der Waals surface area contributed by atoms with Crippen molar-refractivity contribution in [2.24, 2.45) is 0 Å². The summed E-state index contributed by atoms with van der Waals surface area (Å²) >= 11 is 6.36. The molecule has 0 bridgehead atoms. The van der Waals surface area contributed by atoms with Gasteiger partial charge in [-0.05, 0) is 69.8 Å². The zero-order valence-electron chi connectivity index (χ0n) is 17.5. The lowest BCUT2D eigenvalue weighted by Gasteiger charge is -2.12. The predicted octanol–water partition coefficient (Wildman–Crippen LogP) is 9.13. The van der Waals surface area contributed by atoms with E-state index in [9.17, 15) is 0 Å². The Bertz CT molecular complexity index is 1310. The van der Waals surface area contributed by atoms with Crippen LogP contribution in [0.3, 0.4) is 0 Å². The van der Waals surface area contributed by atoms with Crippen LogP contribution in [0.1, 0.15) is 0 Å². The highest BCUT2D eigenvalue weighted by atomic mass is 32.2. The molecule has 0 radical (unpaired) electrons. The molecule has 5 rings (SSSR count). The average molecular weight is 447 g/mol. The molecular formula is C30H22S2. The maximum atomic E-state index is 4.58. The molecule has 2 heteroatoms. The SMILES string of the molecule is Sc1ccc(-c2ccccc2)c(-c2ccc(Sc3ccc(-c4ccccc4)cc3)cc2)c1. The lowest BCUT2D eigenvalue weighted by molar-refractivity contribution is 1.40. The van der Waals surface area contributed by atoms with Gasteiger partial charge in [0, 0.05) is 14.7 Å². The summed E-state index contributed by atoms with van der Waals surface area (Å²) in [7, 11) is 0. The number of thiol groups is 1. The quantitative estimate of drug-likeness (QED) is 0.263. The molecular weight excluding hydrogens is 424 g/mol. The summed E-state index contributed by atoms with van der Waals surface area (Å²) in [5.41, 5.74) is 7.32. The minimum atomic E-state index is 0.969. The smallest absolute Gasteiger partial charge is 0.0122 e. The second kappa shape index (κ2) is 9.52. The zero-order valence-corrected chi connectivity index (χ0v) is 19.2. The molecule has 5 aromatic rings. The lowest BCUT2D eigenvalue weighted by atomic mass is 9.95. The molecule has 0 spiro atoms. The Hall–Kier alpha value is -3.20. The fourth-order valence-corrected chi connectivity index (χ4v) is 4.85. The van der Waals surface area contributed by atoms with Crippen molar-refractivity contribution < 1.29 is 0 Å². The first-order chi connectivity index (χ1) is 15.8. The Morgan fingerprint density at radius 1 is 0.406 bits per heavy atom. The molecule has 0 aliphatic heterocycles. The fourth-order valence-electron chi connectivity index (χ4n) is 3.83.